The van der Waals surface area contributed by atoms with Gasteiger partial charge in [-0.05, 0) is 61.1 Å². The summed E-state index contributed by atoms with van der Waals surface area (Å²) in [4.78, 5) is 38.5. The van der Waals surface area contributed by atoms with E-state index < -0.39 is 46.8 Å². The van der Waals surface area contributed by atoms with Crippen molar-refractivity contribution in [3.8, 4) is 0 Å². The van der Waals surface area contributed by atoms with Crippen LogP contribution in [0, 0.1) is 11.6 Å². The molecule has 2 atom stereocenters. The second kappa shape index (κ2) is 11.3. The summed E-state index contributed by atoms with van der Waals surface area (Å²) in [6.07, 6.45) is 3.44. The molecule has 1 aliphatic carbocycles. The predicted octanol–water partition coefficient (Wildman–Crippen LogP) is 3.42. The number of pyridine rings is 1. The molecule has 1 amide bonds. The molecule has 37 heavy (non-hydrogen) atoms. The van der Waals surface area contributed by atoms with E-state index >= 15 is 0 Å². The zero-order valence-corrected chi connectivity index (χ0v) is 19.9. The normalized spacial score (nSPS) is 17.5. The Bertz CT molecular complexity index is 1400. The Balaban J connectivity index is 1.66. The molecule has 3 N–H and O–H groups in total. The van der Waals surface area contributed by atoms with Gasteiger partial charge in [-0.25, -0.2) is 8.78 Å². The van der Waals surface area contributed by atoms with E-state index in [0.717, 1.165) is 6.42 Å². The Morgan fingerprint density at radius 2 is 1.78 bits per heavy atom. The van der Waals surface area contributed by atoms with Gasteiger partial charge in [-0.15, -0.1) is 0 Å². The van der Waals surface area contributed by atoms with E-state index in [1.54, 1.807) is 18.2 Å². The monoisotopic (exact) mass is 508 g/mol. The van der Waals surface area contributed by atoms with E-state index in [-0.39, 0.29) is 24.1 Å². The van der Waals surface area contributed by atoms with Gasteiger partial charge < -0.3 is 20.1 Å². The van der Waals surface area contributed by atoms with Crippen LogP contribution in [0.2, 0.25) is 0 Å². The quantitative estimate of drug-likeness (QED) is 0.246. The summed E-state index contributed by atoms with van der Waals surface area (Å²) in [5, 5.41) is 22.6. The number of aromatic nitrogens is 1. The van der Waals surface area contributed by atoms with Gasteiger partial charge >= 0.3 is 0 Å². The van der Waals surface area contributed by atoms with Crippen molar-refractivity contribution in [2.24, 2.45) is 0 Å². The van der Waals surface area contributed by atoms with Crippen LogP contribution in [0.15, 0.2) is 77.4 Å². The van der Waals surface area contributed by atoms with Crippen molar-refractivity contribution in [3.05, 3.63) is 117 Å². The van der Waals surface area contributed by atoms with Gasteiger partial charge in [-0.1, -0.05) is 30.3 Å². The molecule has 0 spiro atoms. The molecule has 1 saturated carbocycles. The van der Waals surface area contributed by atoms with Crippen LogP contribution in [0.5, 0.6) is 0 Å². The summed E-state index contributed by atoms with van der Waals surface area (Å²) in [6, 6.07) is 12.4. The maximum atomic E-state index is 14.3. The first-order chi connectivity index (χ1) is 17.7. The predicted molar refractivity (Wildman–Crippen MR) is 132 cm³/mol. The van der Waals surface area contributed by atoms with Gasteiger partial charge in [-0.3, -0.25) is 14.4 Å². The highest BCUT2D eigenvalue weighted by Crippen LogP contribution is 2.19. The number of nitrogens with zero attached hydrogens (tertiary/aromatic N) is 1. The first kappa shape index (κ1) is 26.0. The van der Waals surface area contributed by atoms with Crippen molar-refractivity contribution in [1.29, 1.82) is 0 Å². The molecule has 192 valence electrons. The first-order valence-electron chi connectivity index (χ1n) is 11.9. The lowest BCUT2D eigenvalue weighted by Crippen LogP contribution is -2.40. The Labute approximate surface area is 211 Å². The van der Waals surface area contributed by atoms with E-state index in [4.69, 9.17) is 0 Å². The van der Waals surface area contributed by atoms with Crippen LogP contribution < -0.4 is 10.9 Å². The van der Waals surface area contributed by atoms with Crippen molar-refractivity contribution in [3.63, 3.8) is 0 Å². The third-order valence-electron chi connectivity index (χ3n) is 6.32. The zero-order valence-electron chi connectivity index (χ0n) is 19.9. The summed E-state index contributed by atoms with van der Waals surface area (Å²) >= 11 is 0. The fourth-order valence-corrected chi connectivity index (χ4v) is 4.36. The van der Waals surface area contributed by atoms with Crippen LogP contribution in [0.4, 0.5) is 8.78 Å². The highest BCUT2D eigenvalue weighted by Gasteiger charge is 2.28. The third kappa shape index (κ3) is 6.37. The van der Waals surface area contributed by atoms with Gasteiger partial charge in [-0.2, -0.15) is 0 Å². The van der Waals surface area contributed by atoms with Crippen molar-refractivity contribution in [1.82, 2.24) is 9.88 Å². The molecule has 2 aromatic carbocycles. The smallest absolute Gasteiger partial charge is 0.286 e. The number of carbonyl (C=O) groups excluding carboxylic acids is 2. The number of hydrogen-bond acceptors (Lipinski definition) is 5. The second-order valence-electron chi connectivity index (χ2n) is 9.06. The van der Waals surface area contributed by atoms with E-state index in [2.05, 4.69) is 5.32 Å². The topological polar surface area (TPSA) is 109 Å². The Morgan fingerprint density at radius 3 is 2.46 bits per heavy atom. The fraction of sp³-hybridized carbons (Fsp3) is 0.250. The second-order valence-corrected chi connectivity index (χ2v) is 9.06. The molecule has 1 aliphatic rings. The van der Waals surface area contributed by atoms with Crippen molar-refractivity contribution in [2.45, 2.75) is 44.4 Å². The average Bonchev–Trinajstić information content (AvgIpc) is 3.27. The Kier molecular flexibility index (Phi) is 7.93. The van der Waals surface area contributed by atoms with Crippen LogP contribution >= 0.6 is 0 Å². The molecule has 4 rings (SSSR count). The standard InChI is InChI=1S/C28H26F2N2O5/c29-20-10-8-17(9-11-20)12-18-13-21(28(37)32(15-18)16-19-4-1-2-5-22(19)30)25(34)14-26(35)27(36)31-23-6-3-7-24(23)33/h1-2,4-5,8-11,13-15,23-24,33,35H,3,6-7,12,16H2,(H,31,36)/t23-,24-/m1/s1. The largest absolute Gasteiger partial charge is 0.503 e. The molecule has 0 bridgehead atoms. The van der Waals surface area contributed by atoms with E-state index in [1.165, 1.54) is 47.2 Å². The van der Waals surface area contributed by atoms with Crippen molar-refractivity contribution in [2.75, 3.05) is 0 Å². The number of amides is 1. The van der Waals surface area contributed by atoms with E-state index in [1.807, 2.05) is 0 Å². The minimum absolute atomic E-state index is 0.154. The number of benzene rings is 2. The molecular weight excluding hydrogens is 482 g/mol. The summed E-state index contributed by atoms with van der Waals surface area (Å²) in [7, 11) is 0. The third-order valence-corrected chi connectivity index (χ3v) is 6.32. The van der Waals surface area contributed by atoms with E-state index in [0.29, 0.717) is 30.0 Å². The van der Waals surface area contributed by atoms with Crippen molar-refractivity contribution >= 4 is 11.7 Å². The van der Waals surface area contributed by atoms with Crippen LogP contribution in [-0.2, 0) is 17.8 Å². The summed E-state index contributed by atoms with van der Waals surface area (Å²) in [5.74, 6) is -3.67. The molecule has 0 radical (unpaired) electrons. The van der Waals surface area contributed by atoms with Crippen LogP contribution in [-0.4, -0.2) is 38.6 Å². The minimum Gasteiger partial charge on any atom is -0.503 e. The molecular formula is C28H26F2N2O5. The lowest BCUT2D eigenvalue weighted by atomic mass is 10.0. The summed E-state index contributed by atoms with van der Waals surface area (Å²) < 4.78 is 28.8. The molecule has 1 heterocycles. The molecule has 1 fully saturated rings. The van der Waals surface area contributed by atoms with Gasteiger partial charge in [0.1, 0.15) is 11.6 Å². The van der Waals surface area contributed by atoms with Crippen molar-refractivity contribution < 1.29 is 28.6 Å². The number of aliphatic hydroxyl groups is 2. The molecule has 0 saturated heterocycles. The number of hydrogen-bond donors (Lipinski definition) is 3. The highest BCUT2D eigenvalue weighted by molar-refractivity contribution is 6.08. The van der Waals surface area contributed by atoms with Gasteiger partial charge in [0.25, 0.3) is 11.5 Å². The number of rotatable bonds is 8. The lowest BCUT2D eigenvalue weighted by molar-refractivity contribution is -0.121. The highest BCUT2D eigenvalue weighted by atomic mass is 19.1. The Morgan fingerprint density at radius 1 is 1.05 bits per heavy atom. The number of aliphatic hydroxyl groups excluding tert-OH is 2. The zero-order chi connectivity index (χ0) is 26.5. The van der Waals surface area contributed by atoms with Gasteiger partial charge in [0.05, 0.1) is 24.3 Å². The SMILES string of the molecule is O=C(N[C@@H]1CCC[C@H]1O)C(O)=CC(=O)c1cc(Cc2ccc(F)cc2)cn(Cc2ccccc2F)c1=O. The lowest BCUT2D eigenvalue weighted by Gasteiger charge is -2.15. The van der Waals surface area contributed by atoms with E-state index in [9.17, 15) is 33.4 Å². The average molecular weight is 509 g/mol. The van der Waals surface area contributed by atoms with Crippen LogP contribution in [0.3, 0.4) is 0 Å². The number of allylic oxidation sites excluding steroid dienone is 1. The molecule has 3 aromatic rings. The molecule has 9 heteroatoms. The fourth-order valence-electron chi connectivity index (χ4n) is 4.36. The number of ketones is 1. The molecule has 7 nitrogen and oxygen atoms in total. The number of carbonyl (C=O) groups is 2. The van der Waals surface area contributed by atoms with Gasteiger partial charge in [0.2, 0.25) is 0 Å². The molecule has 0 unspecified atom stereocenters. The van der Waals surface area contributed by atoms with Gasteiger partial charge in [0.15, 0.2) is 11.5 Å². The number of halogens is 2. The van der Waals surface area contributed by atoms with Crippen LogP contribution in [0.25, 0.3) is 0 Å². The summed E-state index contributed by atoms with van der Waals surface area (Å²) in [6.45, 7) is -0.154. The summed E-state index contributed by atoms with van der Waals surface area (Å²) in [5.41, 5.74) is 0.402. The van der Waals surface area contributed by atoms with Gasteiger partial charge in [0, 0.05) is 17.8 Å². The van der Waals surface area contributed by atoms with Crippen LogP contribution in [0.1, 0.15) is 46.3 Å². The first-order valence-corrected chi connectivity index (χ1v) is 11.9. The molecule has 0 aliphatic heterocycles. The number of nitrogens with one attached hydrogen (secondary N) is 1. The Hall–Kier alpha value is -4.11. The maximum absolute atomic E-state index is 14.3. The maximum Gasteiger partial charge on any atom is 0.286 e. The molecule has 1 aromatic heterocycles. The minimum atomic E-state index is -0.937.